The zero-order valence-corrected chi connectivity index (χ0v) is 17.8. The number of guanidine groups is 1. The number of thiazole rings is 1. The third kappa shape index (κ3) is 7.10. The lowest BCUT2D eigenvalue weighted by Crippen LogP contribution is -2.38. The van der Waals surface area contributed by atoms with Crippen LogP contribution < -0.4 is 5.32 Å². The van der Waals surface area contributed by atoms with Gasteiger partial charge in [0, 0.05) is 38.5 Å². The number of nitrogens with zero attached hydrogens (tertiary/aromatic N) is 3. The van der Waals surface area contributed by atoms with Crippen LogP contribution in [0.3, 0.4) is 0 Å². The lowest BCUT2D eigenvalue weighted by atomic mass is 10.3. The molecule has 0 radical (unpaired) electrons. The molecule has 1 N–H and O–H groups in total. The highest BCUT2D eigenvalue weighted by atomic mass is 127. The lowest BCUT2D eigenvalue weighted by molar-refractivity contribution is -0.140. The summed E-state index contributed by atoms with van der Waals surface area (Å²) in [4.78, 5) is 10.1. The second-order valence-corrected chi connectivity index (χ2v) is 6.82. The molecule has 0 aromatic carbocycles. The van der Waals surface area contributed by atoms with Crippen molar-refractivity contribution in [3.05, 3.63) is 38.5 Å². The predicted molar refractivity (Wildman–Crippen MR) is 108 cm³/mol. The first-order valence-electron chi connectivity index (χ1n) is 7.42. The summed E-state index contributed by atoms with van der Waals surface area (Å²) < 4.78 is 37.6. The van der Waals surface area contributed by atoms with E-state index in [1.54, 1.807) is 11.3 Å². The maximum absolute atomic E-state index is 12.5. The van der Waals surface area contributed by atoms with Crippen LogP contribution in [-0.4, -0.2) is 36.0 Å². The van der Waals surface area contributed by atoms with Gasteiger partial charge in [-0.15, -0.1) is 35.3 Å². The molecule has 2 aromatic heterocycles. The molecule has 0 atom stereocenters. The molecule has 0 saturated heterocycles. The minimum atomic E-state index is -4.38. The van der Waals surface area contributed by atoms with Crippen LogP contribution in [0.15, 0.2) is 27.2 Å². The summed E-state index contributed by atoms with van der Waals surface area (Å²) in [5, 5.41) is 8.79. The van der Waals surface area contributed by atoms with Crippen molar-refractivity contribution in [3.8, 4) is 0 Å². The van der Waals surface area contributed by atoms with Gasteiger partial charge >= 0.3 is 6.18 Å². The highest BCUT2D eigenvalue weighted by molar-refractivity contribution is 14.0. The molecule has 0 amide bonds. The first kappa shape index (κ1) is 22.2. The molecule has 0 aliphatic heterocycles. The van der Waals surface area contributed by atoms with E-state index in [9.17, 15) is 13.2 Å². The van der Waals surface area contributed by atoms with Gasteiger partial charge in [-0.3, -0.25) is 4.99 Å². The Morgan fingerprint density at radius 3 is 2.68 bits per heavy atom. The number of thiophene rings is 1. The van der Waals surface area contributed by atoms with E-state index in [1.165, 1.54) is 5.56 Å². The fourth-order valence-electron chi connectivity index (χ4n) is 2.01. The van der Waals surface area contributed by atoms with Gasteiger partial charge in [0.15, 0.2) is 11.7 Å². The Morgan fingerprint density at radius 2 is 2.12 bits per heavy atom. The van der Waals surface area contributed by atoms with Crippen LogP contribution in [0.4, 0.5) is 13.2 Å². The minimum Gasteiger partial charge on any atom is -0.357 e. The van der Waals surface area contributed by atoms with E-state index in [1.807, 2.05) is 24.3 Å². The maximum Gasteiger partial charge on any atom is 0.434 e. The molecular weight excluding hydrogens is 484 g/mol. The van der Waals surface area contributed by atoms with Crippen LogP contribution in [0.2, 0.25) is 0 Å². The van der Waals surface area contributed by atoms with Gasteiger partial charge in [-0.1, -0.05) is 0 Å². The largest absolute Gasteiger partial charge is 0.434 e. The van der Waals surface area contributed by atoms with Gasteiger partial charge in [0.2, 0.25) is 0 Å². The summed E-state index contributed by atoms with van der Waals surface area (Å²) in [5.74, 6) is 0.733. The van der Waals surface area contributed by atoms with Gasteiger partial charge < -0.3 is 10.2 Å². The molecule has 0 fully saturated rings. The average molecular weight is 504 g/mol. The van der Waals surface area contributed by atoms with E-state index in [-0.39, 0.29) is 24.0 Å². The minimum absolute atomic E-state index is 0. The first-order valence-corrected chi connectivity index (χ1v) is 9.24. The summed E-state index contributed by atoms with van der Waals surface area (Å²) in [6.45, 7) is 3.82. The molecule has 2 rings (SSSR count). The molecule has 10 heteroatoms. The van der Waals surface area contributed by atoms with Crippen molar-refractivity contribution >= 4 is 52.6 Å². The van der Waals surface area contributed by atoms with Gasteiger partial charge in [-0.25, -0.2) is 4.98 Å². The van der Waals surface area contributed by atoms with E-state index in [4.69, 9.17) is 0 Å². The van der Waals surface area contributed by atoms with E-state index < -0.39 is 11.9 Å². The van der Waals surface area contributed by atoms with Crippen LogP contribution in [0.5, 0.6) is 0 Å². The maximum atomic E-state index is 12.5. The summed E-state index contributed by atoms with van der Waals surface area (Å²) in [6.07, 6.45) is -3.99. The fourth-order valence-corrected chi connectivity index (χ4v) is 3.47. The Balaban J connectivity index is 0.00000312. The molecule has 140 valence electrons. The van der Waals surface area contributed by atoms with Crippen LogP contribution in [-0.2, 0) is 19.1 Å². The van der Waals surface area contributed by atoms with Gasteiger partial charge in [-0.05, 0) is 29.3 Å². The Bertz CT molecular complexity index is 656. The van der Waals surface area contributed by atoms with Crippen molar-refractivity contribution in [2.75, 3.05) is 20.1 Å². The molecule has 0 aliphatic rings. The number of halogens is 4. The van der Waals surface area contributed by atoms with Crippen LogP contribution in [0.1, 0.15) is 23.2 Å². The van der Waals surface area contributed by atoms with E-state index in [2.05, 4.69) is 26.7 Å². The normalized spacial score (nSPS) is 12.0. The quantitative estimate of drug-likeness (QED) is 0.359. The number of hydrogen-bond donors (Lipinski definition) is 1. The number of rotatable bonds is 6. The fraction of sp³-hybridized carbons (Fsp3) is 0.467. The van der Waals surface area contributed by atoms with E-state index in [0.29, 0.717) is 18.0 Å². The predicted octanol–water partition coefficient (Wildman–Crippen LogP) is 4.48. The topological polar surface area (TPSA) is 40.5 Å². The van der Waals surface area contributed by atoms with Crippen molar-refractivity contribution in [3.63, 3.8) is 0 Å². The van der Waals surface area contributed by atoms with Gasteiger partial charge in [0.1, 0.15) is 0 Å². The van der Waals surface area contributed by atoms with Crippen molar-refractivity contribution < 1.29 is 13.2 Å². The van der Waals surface area contributed by atoms with Crippen LogP contribution >= 0.6 is 46.7 Å². The van der Waals surface area contributed by atoms with E-state index >= 15 is 0 Å². The number of nitrogens with one attached hydrogen (secondary N) is 1. The van der Waals surface area contributed by atoms with Crippen molar-refractivity contribution in [2.24, 2.45) is 4.99 Å². The molecule has 0 aliphatic carbocycles. The molecule has 0 unspecified atom stereocenters. The average Bonchev–Trinajstić information content (AvgIpc) is 3.17. The van der Waals surface area contributed by atoms with Gasteiger partial charge in [-0.2, -0.15) is 24.5 Å². The van der Waals surface area contributed by atoms with Gasteiger partial charge in [0.25, 0.3) is 0 Å². The molecule has 2 aromatic rings. The smallest absolute Gasteiger partial charge is 0.357 e. The molecule has 25 heavy (non-hydrogen) atoms. The Labute approximate surface area is 170 Å². The monoisotopic (exact) mass is 504 g/mol. The Kier molecular flexibility index (Phi) is 9.14. The van der Waals surface area contributed by atoms with Crippen molar-refractivity contribution in [2.45, 2.75) is 26.1 Å². The molecular formula is C15H20F3IN4S2. The molecule has 0 saturated carbocycles. The SMILES string of the molecule is CCNC(=NCCc1nc(C(F)(F)F)cs1)N(C)Cc1ccsc1.I. The zero-order valence-electron chi connectivity index (χ0n) is 13.8. The van der Waals surface area contributed by atoms with Crippen LogP contribution in [0.25, 0.3) is 0 Å². The third-order valence-electron chi connectivity index (χ3n) is 3.13. The third-order valence-corrected chi connectivity index (χ3v) is 4.77. The highest BCUT2D eigenvalue weighted by Crippen LogP contribution is 2.30. The summed E-state index contributed by atoms with van der Waals surface area (Å²) in [5.41, 5.74) is 0.371. The summed E-state index contributed by atoms with van der Waals surface area (Å²) >= 11 is 2.66. The summed E-state index contributed by atoms with van der Waals surface area (Å²) in [7, 11) is 1.93. The first-order chi connectivity index (χ1) is 11.4. The number of aromatic nitrogens is 1. The molecule has 0 spiro atoms. The number of hydrogen-bond acceptors (Lipinski definition) is 4. The van der Waals surface area contributed by atoms with E-state index in [0.717, 1.165) is 35.8 Å². The zero-order chi connectivity index (χ0) is 17.6. The second-order valence-electron chi connectivity index (χ2n) is 5.10. The number of aliphatic imine (C=N–C) groups is 1. The molecule has 2 heterocycles. The van der Waals surface area contributed by atoms with Gasteiger partial charge in [0.05, 0.1) is 5.01 Å². The Hall–Kier alpha value is -0.880. The Morgan fingerprint density at radius 1 is 1.36 bits per heavy atom. The lowest BCUT2D eigenvalue weighted by Gasteiger charge is -2.21. The van der Waals surface area contributed by atoms with Crippen molar-refractivity contribution in [1.82, 2.24) is 15.2 Å². The summed E-state index contributed by atoms with van der Waals surface area (Å²) in [6, 6.07) is 2.05. The second kappa shape index (κ2) is 10.3. The van der Waals surface area contributed by atoms with Crippen molar-refractivity contribution in [1.29, 1.82) is 0 Å². The number of alkyl halides is 3. The standard InChI is InChI=1S/C15H19F3N4S2.HI/c1-3-19-14(22(2)8-11-5-7-23-9-11)20-6-4-13-21-12(10-24-13)15(16,17)18;/h5,7,9-10H,3-4,6,8H2,1-2H3,(H,19,20);1H. The molecule has 4 nitrogen and oxygen atoms in total. The molecule has 0 bridgehead atoms. The van der Waals surface area contributed by atoms with Crippen LogP contribution in [0, 0.1) is 0 Å². The highest BCUT2D eigenvalue weighted by Gasteiger charge is 2.33.